The highest BCUT2D eigenvalue weighted by Gasteiger charge is 2.03. The van der Waals surface area contributed by atoms with Crippen LogP contribution in [0.2, 0.25) is 0 Å². The first-order valence-electron chi connectivity index (χ1n) is 5.67. The van der Waals surface area contributed by atoms with E-state index in [1.165, 1.54) is 6.39 Å². The summed E-state index contributed by atoms with van der Waals surface area (Å²) >= 11 is 0. The van der Waals surface area contributed by atoms with Crippen molar-refractivity contribution >= 4 is 22.8 Å². The summed E-state index contributed by atoms with van der Waals surface area (Å²) in [6.45, 7) is 2.77. The molecule has 0 fully saturated rings. The number of fused-ring (bicyclic) bond motifs is 1. The van der Waals surface area contributed by atoms with Crippen molar-refractivity contribution in [3.8, 4) is 0 Å². The number of benzene rings is 1. The molecule has 0 aliphatic carbocycles. The number of carbonyl (C=O) groups is 1. The van der Waals surface area contributed by atoms with E-state index in [9.17, 15) is 4.79 Å². The second-order valence-electron chi connectivity index (χ2n) is 3.77. The van der Waals surface area contributed by atoms with Crippen molar-refractivity contribution in [1.82, 2.24) is 10.3 Å². The molecule has 2 amide bonds. The number of carbonyl (C=O) groups excluding carboxylic acids is 1. The number of aromatic nitrogens is 1. The second-order valence-corrected chi connectivity index (χ2v) is 3.77. The quantitative estimate of drug-likeness (QED) is 0.798. The van der Waals surface area contributed by atoms with E-state index < -0.39 is 0 Å². The number of oxazole rings is 1. The molecule has 0 radical (unpaired) electrons. The summed E-state index contributed by atoms with van der Waals surface area (Å²) in [6, 6.07) is 5.16. The van der Waals surface area contributed by atoms with Crippen molar-refractivity contribution in [2.45, 2.75) is 19.8 Å². The van der Waals surface area contributed by atoms with Crippen LogP contribution in [-0.4, -0.2) is 17.6 Å². The summed E-state index contributed by atoms with van der Waals surface area (Å²) in [7, 11) is 0. The van der Waals surface area contributed by atoms with Crippen molar-refractivity contribution < 1.29 is 9.21 Å². The molecule has 0 bridgehead atoms. The zero-order chi connectivity index (χ0) is 12.1. The first-order valence-corrected chi connectivity index (χ1v) is 5.67. The molecule has 5 nitrogen and oxygen atoms in total. The lowest BCUT2D eigenvalue weighted by molar-refractivity contribution is 0.252. The van der Waals surface area contributed by atoms with Gasteiger partial charge in [-0.25, -0.2) is 9.78 Å². The highest BCUT2D eigenvalue weighted by molar-refractivity contribution is 5.91. The number of hydrogen-bond donors (Lipinski definition) is 2. The third-order valence-electron chi connectivity index (χ3n) is 2.41. The molecule has 2 N–H and O–H groups in total. The topological polar surface area (TPSA) is 67.2 Å². The number of urea groups is 1. The summed E-state index contributed by atoms with van der Waals surface area (Å²) in [5.41, 5.74) is 2.14. The van der Waals surface area contributed by atoms with Crippen LogP contribution in [0.15, 0.2) is 29.0 Å². The molecule has 0 saturated heterocycles. The molecule has 0 spiro atoms. The van der Waals surface area contributed by atoms with Crippen LogP contribution in [0.5, 0.6) is 0 Å². The Labute approximate surface area is 99.2 Å². The molecule has 0 saturated carbocycles. The molecule has 1 aromatic heterocycles. The molecular formula is C12H15N3O2. The Balaban J connectivity index is 1.95. The molecule has 0 atom stereocenters. The molecule has 90 valence electrons. The Morgan fingerprint density at radius 2 is 2.35 bits per heavy atom. The summed E-state index contributed by atoms with van der Waals surface area (Å²) in [5.74, 6) is 0. The Bertz CT molecular complexity index is 507. The lowest BCUT2D eigenvalue weighted by Crippen LogP contribution is -2.29. The van der Waals surface area contributed by atoms with E-state index in [1.54, 1.807) is 18.2 Å². The smallest absolute Gasteiger partial charge is 0.319 e. The number of anilines is 1. The third-order valence-corrected chi connectivity index (χ3v) is 2.41. The highest BCUT2D eigenvalue weighted by Crippen LogP contribution is 2.17. The van der Waals surface area contributed by atoms with E-state index in [2.05, 4.69) is 22.5 Å². The zero-order valence-corrected chi connectivity index (χ0v) is 9.69. The highest BCUT2D eigenvalue weighted by atomic mass is 16.3. The molecule has 0 aliphatic rings. The van der Waals surface area contributed by atoms with E-state index >= 15 is 0 Å². The van der Waals surface area contributed by atoms with Gasteiger partial charge in [-0.3, -0.25) is 0 Å². The zero-order valence-electron chi connectivity index (χ0n) is 9.69. The van der Waals surface area contributed by atoms with E-state index in [1.807, 2.05) is 0 Å². The van der Waals surface area contributed by atoms with Crippen molar-refractivity contribution in [3.05, 3.63) is 24.6 Å². The molecule has 0 unspecified atom stereocenters. The van der Waals surface area contributed by atoms with E-state index in [-0.39, 0.29) is 6.03 Å². The summed E-state index contributed by atoms with van der Waals surface area (Å²) in [5, 5.41) is 5.52. The fourth-order valence-electron chi connectivity index (χ4n) is 1.49. The molecule has 2 rings (SSSR count). The number of hydrogen-bond acceptors (Lipinski definition) is 3. The lowest BCUT2D eigenvalue weighted by Gasteiger charge is -2.06. The number of amides is 2. The van der Waals surface area contributed by atoms with Crippen LogP contribution in [-0.2, 0) is 0 Å². The number of nitrogens with zero attached hydrogens (tertiary/aromatic N) is 1. The number of nitrogens with one attached hydrogen (secondary N) is 2. The van der Waals surface area contributed by atoms with Crippen LogP contribution in [0.25, 0.3) is 11.1 Å². The molecular weight excluding hydrogens is 218 g/mol. The fourth-order valence-corrected chi connectivity index (χ4v) is 1.49. The minimum absolute atomic E-state index is 0.197. The monoisotopic (exact) mass is 233 g/mol. The van der Waals surface area contributed by atoms with Gasteiger partial charge in [-0.2, -0.15) is 0 Å². The molecule has 1 heterocycles. The summed E-state index contributed by atoms with van der Waals surface area (Å²) in [6.07, 6.45) is 3.43. The largest absolute Gasteiger partial charge is 0.443 e. The van der Waals surface area contributed by atoms with Gasteiger partial charge in [0.05, 0.1) is 0 Å². The van der Waals surface area contributed by atoms with Gasteiger partial charge in [0.2, 0.25) is 0 Å². The van der Waals surface area contributed by atoms with Gasteiger partial charge < -0.3 is 15.1 Å². The van der Waals surface area contributed by atoms with Gasteiger partial charge in [0.15, 0.2) is 12.0 Å². The minimum atomic E-state index is -0.197. The Kier molecular flexibility index (Phi) is 3.59. The maximum absolute atomic E-state index is 11.5. The normalized spacial score (nSPS) is 10.4. The predicted molar refractivity (Wildman–Crippen MR) is 65.9 cm³/mol. The summed E-state index contributed by atoms with van der Waals surface area (Å²) < 4.78 is 5.16. The molecule has 1 aromatic carbocycles. The van der Waals surface area contributed by atoms with Gasteiger partial charge >= 0.3 is 6.03 Å². The van der Waals surface area contributed by atoms with Crippen LogP contribution < -0.4 is 10.6 Å². The van der Waals surface area contributed by atoms with Crippen LogP contribution >= 0.6 is 0 Å². The van der Waals surface area contributed by atoms with E-state index in [4.69, 9.17) is 4.42 Å². The Morgan fingerprint density at radius 1 is 1.47 bits per heavy atom. The van der Waals surface area contributed by atoms with Crippen molar-refractivity contribution in [2.75, 3.05) is 11.9 Å². The van der Waals surface area contributed by atoms with Gasteiger partial charge in [-0.1, -0.05) is 13.3 Å². The van der Waals surface area contributed by atoms with Gasteiger partial charge in [-0.15, -0.1) is 0 Å². The van der Waals surface area contributed by atoms with Crippen molar-refractivity contribution in [2.24, 2.45) is 0 Å². The number of rotatable bonds is 4. The SMILES string of the molecule is CCCCNC(=O)Nc1ccc2ncoc2c1. The first-order chi connectivity index (χ1) is 8.29. The van der Waals surface area contributed by atoms with Gasteiger partial charge in [0, 0.05) is 18.3 Å². The van der Waals surface area contributed by atoms with Crippen LogP contribution in [0.3, 0.4) is 0 Å². The van der Waals surface area contributed by atoms with Gasteiger partial charge in [-0.05, 0) is 18.6 Å². The standard InChI is InChI=1S/C12H15N3O2/c1-2-3-6-13-12(16)15-9-4-5-10-11(7-9)17-8-14-10/h4-5,7-8H,2-3,6H2,1H3,(H2,13,15,16). The molecule has 17 heavy (non-hydrogen) atoms. The van der Waals surface area contributed by atoms with E-state index in [0.29, 0.717) is 17.8 Å². The molecule has 0 aliphatic heterocycles. The lowest BCUT2D eigenvalue weighted by atomic mass is 10.3. The van der Waals surface area contributed by atoms with Crippen LogP contribution in [0.1, 0.15) is 19.8 Å². The maximum atomic E-state index is 11.5. The Hall–Kier alpha value is -2.04. The van der Waals surface area contributed by atoms with Crippen LogP contribution in [0, 0.1) is 0 Å². The average molecular weight is 233 g/mol. The van der Waals surface area contributed by atoms with Crippen LogP contribution in [0.4, 0.5) is 10.5 Å². The van der Waals surface area contributed by atoms with Gasteiger partial charge in [0.1, 0.15) is 5.52 Å². The van der Waals surface area contributed by atoms with Crippen molar-refractivity contribution in [3.63, 3.8) is 0 Å². The Morgan fingerprint density at radius 3 is 3.18 bits per heavy atom. The second kappa shape index (κ2) is 5.34. The predicted octanol–water partition coefficient (Wildman–Crippen LogP) is 2.75. The van der Waals surface area contributed by atoms with E-state index in [0.717, 1.165) is 18.4 Å². The van der Waals surface area contributed by atoms with Crippen molar-refractivity contribution in [1.29, 1.82) is 0 Å². The fraction of sp³-hybridized carbons (Fsp3) is 0.333. The van der Waals surface area contributed by atoms with Gasteiger partial charge in [0.25, 0.3) is 0 Å². The minimum Gasteiger partial charge on any atom is -0.443 e. The summed E-state index contributed by atoms with van der Waals surface area (Å²) in [4.78, 5) is 15.5. The first kappa shape index (κ1) is 11.4. The molecule has 2 aromatic rings. The average Bonchev–Trinajstić information content (AvgIpc) is 2.76. The number of unbranched alkanes of at least 4 members (excludes halogenated alkanes) is 1. The molecule has 5 heteroatoms. The third kappa shape index (κ3) is 2.96. The maximum Gasteiger partial charge on any atom is 0.319 e.